The van der Waals surface area contributed by atoms with Gasteiger partial charge < -0.3 is 10.2 Å². The van der Waals surface area contributed by atoms with Crippen LogP contribution in [0.3, 0.4) is 0 Å². The van der Waals surface area contributed by atoms with Gasteiger partial charge in [-0.15, -0.1) is 0 Å². The molecule has 0 aliphatic carbocycles. The van der Waals surface area contributed by atoms with Gasteiger partial charge in [0.2, 0.25) is 21.8 Å². The lowest BCUT2D eigenvalue weighted by Crippen LogP contribution is -2.38. The maximum atomic E-state index is 12.4. The Morgan fingerprint density at radius 2 is 2.00 bits per heavy atom. The Morgan fingerprint density at radius 3 is 2.64 bits per heavy atom. The number of hydrogen-bond donors (Lipinski definition) is 2. The highest BCUT2D eigenvalue weighted by Gasteiger charge is 2.23. The summed E-state index contributed by atoms with van der Waals surface area (Å²) in [5, 5.41) is 2.66. The van der Waals surface area contributed by atoms with Crippen LogP contribution in [0.15, 0.2) is 23.1 Å². The fourth-order valence-electron chi connectivity index (χ4n) is 2.69. The average molecular weight is 367 g/mol. The Morgan fingerprint density at radius 1 is 1.28 bits per heavy atom. The Bertz CT molecular complexity index is 759. The molecule has 25 heavy (non-hydrogen) atoms. The Labute approximate surface area is 148 Å². The summed E-state index contributed by atoms with van der Waals surface area (Å²) in [4.78, 5) is 25.1. The first-order valence-corrected chi connectivity index (χ1v) is 9.86. The molecule has 138 valence electrons. The predicted octanol–water partition coefficient (Wildman–Crippen LogP) is 1.04. The van der Waals surface area contributed by atoms with Crippen molar-refractivity contribution >= 4 is 27.5 Å². The van der Waals surface area contributed by atoms with E-state index in [1.54, 1.807) is 17.0 Å². The molecule has 1 aromatic rings. The first-order chi connectivity index (χ1) is 11.7. The van der Waals surface area contributed by atoms with Gasteiger partial charge in [0.05, 0.1) is 11.4 Å². The SMILES string of the molecule is CC(=O)N1CCCc2cc(S(=O)(=O)NCC(=O)NCC(C)C)ccc21. The molecule has 0 spiro atoms. The van der Waals surface area contributed by atoms with Crippen LogP contribution >= 0.6 is 0 Å². The van der Waals surface area contributed by atoms with Gasteiger partial charge >= 0.3 is 0 Å². The van der Waals surface area contributed by atoms with Crippen LogP contribution in [0.2, 0.25) is 0 Å². The number of fused-ring (bicyclic) bond motifs is 1. The Balaban J connectivity index is 2.10. The summed E-state index contributed by atoms with van der Waals surface area (Å²) in [5.74, 6) is -0.125. The van der Waals surface area contributed by atoms with Gasteiger partial charge in [-0.1, -0.05) is 13.8 Å². The van der Waals surface area contributed by atoms with Crippen molar-refractivity contribution in [2.75, 3.05) is 24.5 Å². The molecule has 1 aromatic carbocycles. The summed E-state index contributed by atoms with van der Waals surface area (Å²) in [6.45, 7) is 6.26. The third-order valence-corrected chi connectivity index (χ3v) is 5.39. The number of nitrogens with zero attached hydrogens (tertiary/aromatic N) is 1. The fraction of sp³-hybridized carbons (Fsp3) is 0.529. The summed E-state index contributed by atoms with van der Waals surface area (Å²) < 4.78 is 27.1. The smallest absolute Gasteiger partial charge is 0.241 e. The first kappa shape index (κ1) is 19.4. The molecule has 1 heterocycles. The van der Waals surface area contributed by atoms with Crippen molar-refractivity contribution in [2.24, 2.45) is 5.92 Å². The number of anilines is 1. The molecule has 0 radical (unpaired) electrons. The molecule has 0 fully saturated rings. The van der Waals surface area contributed by atoms with Crippen LogP contribution < -0.4 is 14.9 Å². The maximum Gasteiger partial charge on any atom is 0.241 e. The number of sulfonamides is 1. The molecule has 0 atom stereocenters. The van der Waals surface area contributed by atoms with Crippen LogP contribution in [-0.4, -0.2) is 39.9 Å². The third-order valence-electron chi connectivity index (χ3n) is 3.99. The van der Waals surface area contributed by atoms with Gasteiger partial charge in [0, 0.05) is 25.7 Å². The minimum atomic E-state index is -3.78. The number of nitrogens with one attached hydrogen (secondary N) is 2. The molecule has 2 amide bonds. The molecule has 2 rings (SSSR count). The highest BCUT2D eigenvalue weighted by atomic mass is 32.2. The molecule has 0 saturated heterocycles. The number of carbonyl (C=O) groups is 2. The van der Waals surface area contributed by atoms with Crippen molar-refractivity contribution in [2.45, 2.75) is 38.5 Å². The van der Waals surface area contributed by atoms with E-state index in [-0.39, 0.29) is 23.3 Å². The minimum absolute atomic E-state index is 0.0588. The molecular formula is C17H25N3O4S. The predicted molar refractivity (Wildman–Crippen MR) is 95.8 cm³/mol. The molecule has 1 aliphatic heterocycles. The lowest BCUT2D eigenvalue weighted by atomic mass is 10.0. The zero-order valence-corrected chi connectivity index (χ0v) is 15.6. The topological polar surface area (TPSA) is 95.6 Å². The van der Waals surface area contributed by atoms with E-state index in [2.05, 4.69) is 10.0 Å². The quantitative estimate of drug-likeness (QED) is 0.785. The van der Waals surface area contributed by atoms with Gasteiger partial charge in [0.25, 0.3) is 0 Å². The highest BCUT2D eigenvalue weighted by Crippen LogP contribution is 2.29. The molecule has 2 N–H and O–H groups in total. The normalized spacial score (nSPS) is 14.3. The Hall–Kier alpha value is -1.93. The standard InChI is InChI=1S/C17H25N3O4S/c1-12(2)10-18-17(22)11-19-25(23,24)15-6-7-16-14(9-15)5-4-8-20(16)13(3)21/h6-7,9,12,19H,4-5,8,10-11H2,1-3H3,(H,18,22). The fourth-order valence-corrected chi connectivity index (χ4v) is 3.72. The van der Waals surface area contributed by atoms with Crippen molar-refractivity contribution in [3.8, 4) is 0 Å². The summed E-state index contributed by atoms with van der Waals surface area (Å²) in [6.07, 6.45) is 1.51. The van der Waals surface area contributed by atoms with E-state index < -0.39 is 10.0 Å². The van der Waals surface area contributed by atoms with E-state index >= 15 is 0 Å². The van der Waals surface area contributed by atoms with Crippen LogP contribution in [-0.2, 0) is 26.0 Å². The van der Waals surface area contributed by atoms with Crippen LogP contribution in [0.4, 0.5) is 5.69 Å². The lowest BCUT2D eigenvalue weighted by Gasteiger charge is -2.28. The van der Waals surface area contributed by atoms with Gasteiger partial charge in [-0.2, -0.15) is 0 Å². The van der Waals surface area contributed by atoms with Crippen molar-refractivity contribution in [3.63, 3.8) is 0 Å². The van der Waals surface area contributed by atoms with Crippen LogP contribution in [0.5, 0.6) is 0 Å². The van der Waals surface area contributed by atoms with Gasteiger partial charge in [-0.3, -0.25) is 9.59 Å². The van der Waals surface area contributed by atoms with E-state index in [0.29, 0.717) is 19.0 Å². The summed E-state index contributed by atoms with van der Waals surface area (Å²) in [5.41, 5.74) is 1.58. The van der Waals surface area contributed by atoms with Gasteiger partial charge in [-0.25, -0.2) is 13.1 Å². The molecule has 1 aliphatic rings. The first-order valence-electron chi connectivity index (χ1n) is 8.38. The molecule has 7 nitrogen and oxygen atoms in total. The van der Waals surface area contributed by atoms with E-state index in [4.69, 9.17) is 0 Å². The molecule has 0 aromatic heterocycles. The van der Waals surface area contributed by atoms with Crippen molar-refractivity contribution in [1.29, 1.82) is 0 Å². The number of aryl methyl sites for hydroxylation is 1. The molecular weight excluding hydrogens is 342 g/mol. The Kier molecular flexibility index (Phi) is 6.18. The summed E-state index contributed by atoms with van der Waals surface area (Å²) in [6, 6.07) is 4.70. The highest BCUT2D eigenvalue weighted by molar-refractivity contribution is 7.89. The van der Waals surface area contributed by atoms with Crippen molar-refractivity contribution in [3.05, 3.63) is 23.8 Å². The number of carbonyl (C=O) groups excluding carboxylic acids is 2. The molecule has 0 saturated carbocycles. The van der Waals surface area contributed by atoms with Crippen molar-refractivity contribution < 1.29 is 18.0 Å². The average Bonchev–Trinajstić information content (AvgIpc) is 2.57. The maximum absolute atomic E-state index is 12.4. The van der Waals surface area contributed by atoms with E-state index in [0.717, 1.165) is 24.1 Å². The molecule has 0 bridgehead atoms. The molecule has 0 unspecified atom stereocenters. The van der Waals surface area contributed by atoms with Crippen LogP contribution in [0, 0.1) is 5.92 Å². The van der Waals surface area contributed by atoms with Crippen LogP contribution in [0.1, 0.15) is 32.8 Å². The minimum Gasteiger partial charge on any atom is -0.355 e. The van der Waals surface area contributed by atoms with Gasteiger partial charge in [0.1, 0.15) is 0 Å². The largest absolute Gasteiger partial charge is 0.355 e. The monoisotopic (exact) mass is 367 g/mol. The second-order valence-electron chi connectivity index (χ2n) is 6.59. The van der Waals surface area contributed by atoms with E-state index in [1.165, 1.54) is 13.0 Å². The number of rotatable bonds is 6. The zero-order chi connectivity index (χ0) is 18.6. The summed E-state index contributed by atoms with van der Waals surface area (Å²) >= 11 is 0. The van der Waals surface area contributed by atoms with Crippen LogP contribution in [0.25, 0.3) is 0 Å². The number of hydrogen-bond acceptors (Lipinski definition) is 4. The van der Waals surface area contributed by atoms with E-state index in [1.807, 2.05) is 13.8 Å². The summed E-state index contributed by atoms with van der Waals surface area (Å²) in [7, 11) is -3.78. The zero-order valence-electron chi connectivity index (χ0n) is 14.8. The second kappa shape index (κ2) is 7.97. The van der Waals surface area contributed by atoms with Gasteiger partial charge in [-0.05, 0) is 42.5 Å². The molecule has 8 heteroatoms. The van der Waals surface area contributed by atoms with Gasteiger partial charge in [0.15, 0.2) is 0 Å². The number of amides is 2. The van der Waals surface area contributed by atoms with E-state index in [9.17, 15) is 18.0 Å². The van der Waals surface area contributed by atoms with Crippen molar-refractivity contribution in [1.82, 2.24) is 10.0 Å². The lowest BCUT2D eigenvalue weighted by molar-refractivity contribution is -0.120. The second-order valence-corrected chi connectivity index (χ2v) is 8.35. The third kappa shape index (κ3) is 5.02. The number of benzene rings is 1.